The van der Waals surface area contributed by atoms with Crippen molar-refractivity contribution in [2.45, 2.75) is 39.5 Å². The summed E-state index contributed by atoms with van der Waals surface area (Å²) in [6.07, 6.45) is 0. The molecule has 5 nitrogen and oxygen atoms in total. The molecule has 0 aromatic heterocycles. The molecule has 2 rings (SSSR count). The van der Waals surface area contributed by atoms with Crippen LogP contribution in [-0.2, 0) is 17.8 Å². The van der Waals surface area contributed by atoms with Crippen LogP contribution in [0.5, 0.6) is 11.5 Å². The molecule has 0 aliphatic carbocycles. The zero-order valence-electron chi connectivity index (χ0n) is 16.1. The predicted molar refractivity (Wildman–Crippen MR) is 102 cm³/mol. The number of esters is 1. The molecule has 0 heterocycles. The highest BCUT2D eigenvalue weighted by Crippen LogP contribution is 2.23. The molecule has 5 heteroatoms. The van der Waals surface area contributed by atoms with Gasteiger partial charge in [0.2, 0.25) is 0 Å². The van der Waals surface area contributed by atoms with Gasteiger partial charge in [0, 0.05) is 18.7 Å². The summed E-state index contributed by atoms with van der Waals surface area (Å²) in [5.41, 5.74) is 2.17. The van der Waals surface area contributed by atoms with E-state index in [4.69, 9.17) is 14.2 Å². The maximum atomic E-state index is 12.0. The quantitative estimate of drug-likeness (QED) is 0.761. The van der Waals surface area contributed by atoms with Crippen LogP contribution in [0, 0.1) is 0 Å². The van der Waals surface area contributed by atoms with Gasteiger partial charge < -0.3 is 19.5 Å². The lowest BCUT2D eigenvalue weighted by molar-refractivity contribution is 0.00695. The van der Waals surface area contributed by atoms with E-state index in [1.54, 1.807) is 26.4 Å². The van der Waals surface area contributed by atoms with Gasteiger partial charge in [0.15, 0.2) is 0 Å². The summed E-state index contributed by atoms with van der Waals surface area (Å²) in [6.45, 7) is 6.89. The monoisotopic (exact) mass is 357 g/mol. The molecule has 0 atom stereocenters. The van der Waals surface area contributed by atoms with Gasteiger partial charge in [-0.2, -0.15) is 0 Å². The minimum atomic E-state index is -0.493. The number of rotatable bonds is 7. The van der Waals surface area contributed by atoms with Crippen molar-refractivity contribution in [2.24, 2.45) is 0 Å². The maximum absolute atomic E-state index is 12.0. The van der Waals surface area contributed by atoms with Crippen molar-refractivity contribution in [1.82, 2.24) is 5.32 Å². The Labute approximate surface area is 155 Å². The molecule has 0 radical (unpaired) electrons. The number of carbonyl (C=O) groups is 1. The molecule has 0 saturated carbocycles. The number of carbonyl (C=O) groups excluding carboxylic acids is 1. The molecule has 2 aromatic carbocycles. The zero-order chi connectivity index (χ0) is 19.2. The van der Waals surface area contributed by atoms with Crippen LogP contribution >= 0.6 is 0 Å². The Kier molecular flexibility index (Phi) is 6.64. The second-order valence-corrected chi connectivity index (χ2v) is 6.98. The SMILES string of the molecule is COc1ccc(OC)c(CNCc2ccc(C(=O)OC(C)(C)C)cc2)c1. The number of benzene rings is 2. The maximum Gasteiger partial charge on any atom is 0.338 e. The zero-order valence-corrected chi connectivity index (χ0v) is 16.1. The molecule has 2 aromatic rings. The average molecular weight is 357 g/mol. The molecule has 0 fully saturated rings. The number of methoxy groups -OCH3 is 2. The minimum Gasteiger partial charge on any atom is -0.497 e. The van der Waals surface area contributed by atoms with Crippen LogP contribution in [0.25, 0.3) is 0 Å². The van der Waals surface area contributed by atoms with Gasteiger partial charge in [0.1, 0.15) is 17.1 Å². The van der Waals surface area contributed by atoms with Crippen LogP contribution in [-0.4, -0.2) is 25.8 Å². The van der Waals surface area contributed by atoms with E-state index >= 15 is 0 Å². The fourth-order valence-electron chi connectivity index (χ4n) is 2.46. The number of hydrogen-bond acceptors (Lipinski definition) is 5. The molecule has 0 saturated heterocycles. The molecule has 0 aliphatic heterocycles. The molecule has 1 N–H and O–H groups in total. The predicted octanol–water partition coefficient (Wildman–Crippen LogP) is 3.95. The van der Waals surface area contributed by atoms with E-state index in [1.165, 1.54) is 0 Å². The lowest BCUT2D eigenvalue weighted by atomic mass is 10.1. The highest BCUT2D eigenvalue weighted by molar-refractivity contribution is 5.89. The molecule has 0 spiro atoms. The summed E-state index contributed by atoms with van der Waals surface area (Å²) in [4.78, 5) is 12.0. The van der Waals surface area contributed by atoms with Gasteiger partial charge in [0.25, 0.3) is 0 Å². The lowest BCUT2D eigenvalue weighted by Gasteiger charge is -2.19. The van der Waals surface area contributed by atoms with E-state index in [1.807, 2.05) is 51.1 Å². The van der Waals surface area contributed by atoms with Crippen molar-refractivity contribution < 1.29 is 19.0 Å². The Bertz CT molecular complexity index is 733. The van der Waals surface area contributed by atoms with Gasteiger partial charge in [-0.15, -0.1) is 0 Å². The van der Waals surface area contributed by atoms with Crippen LogP contribution in [0.4, 0.5) is 0 Å². The number of nitrogens with one attached hydrogen (secondary N) is 1. The molecule has 0 bridgehead atoms. The number of hydrogen-bond donors (Lipinski definition) is 1. The Hall–Kier alpha value is -2.53. The third-order valence-corrected chi connectivity index (χ3v) is 3.72. The normalized spacial score (nSPS) is 11.1. The first kappa shape index (κ1) is 19.8. The van der Waals surface area contributed by atoms with Crippen molar-refractivity contribution in [1.29, 1.82) is 0 Å². The highest BCUT2D eigenvalue weighted by atomic mass is 16.6. The number of ether oxygens (including phenoxy) is 3. The van der Waals surface area contributed by atoms with Crippen LogP contribution < -0.4 is 14.8 Å². The molecular formula is C21H27NO4. The molecular weight excluding hydrogens is 330 g/mol. The Balaban J connectivity index is 1.93. The van der Waals surface area contributed by atoms with E-state index in [0.29, 0.717) is 18.7 Å². The van der Waals surface area contributed by atoms with Crippen LogP contribution in [0.15, 0.2) is 42.5 Å². The van der Waals surface area contributed by atoms with Crippen LogP contribution in [0.2, 0.25) is 0 Å². The van der Waals surface area contributed by atoms with Gasteiger partial charge >= 0.3 is 5.97 Å². The van der Waals surface area contributed by atoms with Crippen LogP contribution in [0.3, 0.4) is 0 Å². The van der Waals surface area contributed by atoms with Gasteiger partial charge in [0.05, 0.1) is 19.8 Å². The highest BCUT2D eigenvalue weighted by Gasteiger charge is 2.17. The van der Waals surface area contributed by atoms with Crippen molar-refractivity contribution in [2.75, 3.05) is 14.2 Å². The first-order valence-corrected chi connectivity index (χ1v) is 8.56. The topological polar surface area (TPSA) is 56.8 Å². The third kappa shape index (κ3) is 5.77. The van der Waals surface area contributed by atoms with Gasteiger partial charge in [-0.25, -0.2) is 4.79 Å². The molecule has 0 amide bonds. The van der Waals surface area contributed by atoms with Gasteiger partial charge in [-0.1, -0.05) is 12.1 Å². The van der Waals surface area contributed by atoms with Crippen molar-refractivity contribution in [3.8, 4) is 11.5 Å². The molecule has 26 heavy (non-hydrogen) atoms. The van der Waals surface area contributed by atoms with Crippen molar-refractivity contribution >= 4 is 5.97 Å². The Morgan fingerprint density at radius 3 is 2.23 bits per heavy atom. The lowest BCUT2D eigenvalue weighted by Crippen LogP contribution is -2.23. The summed E-state index contributed by atoms with van der Waals surface area (Å²) in [5, 5.41) is 3.38. The molecule has 0 unspecified atom stereocenters. The van der Waals surface area contributed by atoms with E-state index in [0.717, 1.165) is 22.6 Å². The largest absolute Gasteiger partial charge is 0.497 e. The van der Waals surface area contributed by atoms with Crippen LogP contribution in [0.1, 0.15) is 42.3 Å². The minimum absolute atomic E-state index is 0.307. The van der Waals surface area contributed by atoms with Gasteiger partial charge in [-0.05, 0) is 56.7 Å². The smallest absolute Gasteiger partial charge is 0.338 e. The molecule has 140 valence electrons. The van der Waals surface area contributed by atoms with Gasteiger partial charge in [-0.3, -0.25) is 0 Å². The second kappa shape index (κ2) is 8.72. The summed E-state index contributed by atoms with van der Waals surface area (Å²) in [5.74, 6) is 1.31. The Morgan fingerprint density at radius 2 is 1.65 bits per heavy atom. The summed E-state index contributed by atoms with van der Waals surface area (Å²) in [7, 11) is 3.30. The van der Waals surface area contributed by atoms with E-state index in [-0.39, 0.29) is 5.97 Å². The van der Waals surface area contributed by atoms with E-state index < -0.39 is 5.60 Å². The van der Waals surface area contributed by atoms with E-state index in [9.17, 15) is 4.79 Å². The summed E-state index contributed by atoms with van der Waals surface area (Å²) >= 11 is 0. The second-order valence-electron chi connectivity index (χ2n) is 6.98. The Morgan fingerprint density at radius 1 is 0.962 bits per heavy atom. The summed E-state index contributed by atoms with van der Waals surface area (Å²) < 4.78 is 16.0. The fraction of sp³-hybridized carbons (Fsp3) is 0.381. The first-order valence-electron chi connectivity index (χ1n) is 8.56. The van der Waals surface area contributed by atoms with Crippen molar-refractivity contribution in [3.63, 3.8) is 0 Å². The first-order chi connectivity index (χ1) is 12.3. The average Bonchev–Trinajstić information content (AvgIpc) is 2.60. The third-order valence-electron chi connectivity index (χ3n) is 3.72. The standard InChI is InChI=1S/C21H27NO4/c1-21(2,3)26-20(23)16-8-6-15(7-9-16)13-22-14-17-12-18(24-4)10-11-19(17)25-5/h6-12,22H,13-14H2,1-5H3. The van der Waals surface area contributed by atoms with Crippen molar-refractivity contribution in [3.05, 3.63) is 59.2 Å². The molecule has 0 aliphatic rings. The van der Waals surface area contributed by atoms with E-state index in [2.05, 4.69) is 5.32 Å². The fourth-order valence-corrected chi connectivity index (χ4v) is 2.46. The summed E-state index contributed by atoms with van der Waals surface area (Å²) in [6, 6.07) is 13.2.